The van der Waals surface area contributed by atoms with Gasteiger partial charge in [-0.25, -0.2) is 0 Å². The Morgan fingerprint density at radius 3 is 2.17 bits per heavy atom. The highest BCUT2D eigenvalue weighted by Crippen LogP contribution is 2.47. The first-order chi connectivity index (χ1) is 20.2. The first kappa shape index (κ1) is 25.3. The van der Waals surface area contributed by atoms with Crippen LogP contribution >= 0.6 is 11.8 Å². The van der Waals surface area contributed by atoms with E-state index in [0.29, 0.717) is 0 Å². The molecule has 0 aromatic heterocycles. The van der Waals surface area contributed by atoms with Crippen LogP contribution in [0.4, 0.5) is 11.4 Å². The Morgan fingerprint density at radius 2 is 1.37 bits per heavy atom. The lowest BCUT2D eigenvalue weighted by molar-refractivity contribution is 0.640. The van der Waals surface area contributed by atoms with E-state index in [4.69, 9.17) is 0 Å². The van der Waals surface area contributed by atoms with Crippen LogP contribution < -0.4 is 10.2 Å². The molecule has 198 valence electrons. The Balaban J connectivity index is 1.18. The largest absolute Gasteiger partial charge is 0.356 e. The van der Waals surface area contributed by atoms with Crippen LogP contribution in [0.1, 0.15) is 33.9 Å². The third kappa shape index (κ3) is 5.01. The molecule has 1 N–H and O–H groups in total. The maximum atomic E-state index is 4.33. The van der Waals surface area contributed by atoms with Gasteiger partial charge in [-0.1, -0.05) is 140 Å². The highest BCUT2D eigenvalue weighted by molar-refractivity contribution is 8.03. The number of nitrogens with zero attached hydrogens (tertiary/aromatic N) is 1. The van der Waals surface area contributed by atoms with Gasteiger partial charge < -0.3 is 10.2 Å². The molecule has 2 nitrogen and oxygen atoms in total. The molecule has 1 unspecified atom stereocenters. The Bertz CT molecular complexity index is 1770. The molecular weight excluding hydrogens is 516 g/mol. The van der Waals surface area contributed by atoms with Gasteiger partial charge in [0.15, 0.2) is 0 Å². The third-order valence-corrected chi connectivity index (χ3v) is 8.86. The molecule has 3 heteroatoms. The normalized spacial score (nSPS) is 18.4. The van der Waals surface area contributed by atoms with E-state index in [1.807, 2.05) is 0 Å². The van der Waals surface area contributed by atoms with E-state index in [9.17, 15) is 0 Å². The molecule has 5 aromatic rings. The van der Waals surface area contributed by atoms with Crippen molar-refractivity contribution < 1.29 is 0 Å². The summed E-state index contributed by atoms with van der Waals surface area (Å²) in [5.41, 5.74) is 10.9. The van der Waals surface area contributed by atoms with Crippen LogP contribution in [0.25, 0.3) is 11.1 Å². The molecule has 0 saturated carbocycles. The number of anilines is 2. The Hall–Kier alpha value is -4.73. The van der Waals surface area contributed by atoms with E-state index in [2.05, 4.69) is 162 Å². The molecule has 41 heavy (non-hydrogen) atoms. The molecule has 0 bridgehead atoms. The quantitative estimate of drug-likeness (QED) is 0.228. The summed E-state index contributed by atoms with van der Waals surface area (Å²) in [5.74, 6) is 0. The van der Waals surface area contributed by atoms with Gasteiger partial charge in [0, 0.05) is 34.0 Å². The van der Waals surface area contributed by atoms with E-state index < -0.39 is 0 Å². The maximum Gasteiger partial charge on any atom is 0.0854 e. The number of para-hydroxylation sites is 1. The van der Waals surface area contributed by atoms with E-state index in [1.54, 1.807) is 11.8 Å². The Labute approximate surface area is 246 Å². The second-order valence-electron chi connectivity index (χ2n) is 10.4. The highest BCUT2D eigenvalue weighted by Gasteiger charge is 2.35. The van der Waals surface area contributed by atoms with Gasteiger partial charge in [-0.05, 0) is 52.1 Å². The second kappa shape index (κ2) is 11.0. The summed E-state index contributed by atoms with van der Waals surface area (Å²) in [7, 11) is 0. The van der Waals surface area contributed by atoms with Crippen LogP contribution in [-0.4, -0.2) is 0 Å². The van der Waals surface area contributed by atoms with Crippen LogP contribution in [0.3, 0.4) is 0 Å². The van der Waals surface area contributed by atoms with Crippen molar-refractivity contribution in [2.45, 2.75) is 17.5 Å². The number of hydrogen-bond acceptors (Lipinski definition) is 3. The molecule has 0 spiro atoms. The van der Waals surface area contributed by atoms with Gasteiger partial charge in [0.1, 0.15) is 0 Å². The standard InChI is InChI=1S/C38H30N2S/c1-27-20-25-33(29-12-4-2-5-13-29)38(41-36-19-11-9-16-32(27)36)39-31-23-21-28(22-24-31)26-40-35-18-10-8-17-34(35)37(40)30-14-6-3-7-15-30/h2-25,37,39H,1,26H2/b25-20-,38-33+. The minimum atomic E-state index is 0.289. The number of hydrogen-bond donors (Lipinski definition) is 1. The van der Waals surface area contributed by atoms with Gasteiger partial charge >= 0.3 is 0 Å². The zero-order chi connectivity index (χ0) is 27.6. The minimum absolute atomic E-state index is 0.289. The molecule has 2 aliphatic rings. The molecule has 7 rings (SSSR count). The van der Waals surface area contributed by atoms with E-state index >= 15 is 0 Å². The number of allylic oxidation sites excluding steroid dienone is 4. The van der Waals surface area contributed by atoms with Gasteiger partial charge in [-0.2, -0.15) is 0 Å². The van der Waals surface area contributed by atoms with Crippen LogP contribution in [0.15, 0.2) is 162 Å². The van der Waals surface area contributed by atoms with Gasteiger partial charge in [0.05, 0.1) is 11.1 Å². The average molecular weight is 547 g/mol. The lowest BCUT2D eigenvalue weighted by Gasteiger charge is -2.45. The summed E-state index contributed by atoms with van der Waals surface area (Å²) in [6, 6.07) is 47.8. The van der Waals surface area contributed by atoms with Gasteiger partial charge in [-0.15, -0.1) is 0 Å². The predicted molar refractivity (Wildman–Crippen MR) is 175 cm³/mol. The van der Waals surface area contributed by atoms with Crippen LogP contribution in [-0.2, 0) is 6.54 Å². The molecule has 0 fully saturated rings. The molecule has 0 amide bonds. The number of nitrogens with one attached hydrogen (secondary N) is 1. The Morgan fingerprint density at radius 1 is 0.683 bits per heavy atom. The SMILES string of the molecule is C=C1/C=C\C(c2ccccc2)=C(\Nc2ccc(CN3c4ccccc4C3c3ccccc3)cc2)Sc2ccccc21. The molecule has 2 heterocycles. The number of rotatable bonds is 6. The zero-order valence-corrected chi connectivity index (χ0v) is 23.5. The third-order valence-electron chi connectivity index (χ3n) is 7.76. The average Bonchev–Trinajstić information content (AvgIpc) is 3.01. The summed E-state index contributed by atoms with van der Waals surface area (Å²) in [6.07, 6.45) is 4.31. The van der Waals surface area contributed by atoms with Crippen LogP contribution in [0.2, 0.25) is 0 Å². The van der Waals surface area contributed by atoms with Crippen molar-refractivity contribution in [3.05, 3.63) is 185 Å². The molecule has 1 atom stereocenters. The van der Waals surface area contributed by atoms with Gasteiger partial charge in [0.2, 0.25) is 0 Å². The van der Waals surface area contributed by atoms with E-state index in [-0.39, 0.29) is 6.04 Å². The van der Waals surface area contributed by atoms with Crippen LogP contribution in [0.5, 0.6) is 0 Å². The van der Waals surface area contributed by atoms with Crippen LogP contribution in [0, 0.1) is 0 Å². The maximum absolute atomic E-state index is 4.33. The molecular formula is C38H30N2S. The van der Waals surface area contributed by atoms with E-state index in [1.165, 1.54) is 38.4 Å². The van der Waals surface area contributed by atoms with Gasteiger partial charge in [-0.3, -0.25) is 0 Å². The minimum Gasteiger partial charge on any atom is -0.356 e. The first-order valence-corrected chi connectivity index (χ1v) is 14.8. The van der Waals surface area contributed by atoms with Crippen molar-refractivity contribution in [3.8, 4) is 0 Å². The second-order valence-corrected chi connectivity index (χ2v) is 11.4. The summed E-state index contributed by atoms with van der Waals surface area (Å²) in [5, 5.41) is 4.86. The number of fused-ring (bicyclic) bond motifs is 2. The predicted octanol–water partition coefficient (Wildman–Crippen LogP) is 9.95. The highest BCUT2D eigenvalue weighted by atomic mass is 32.2. The van der Waals surface area contributed by atoms with Crippen molar-refractivity contribution in [2.75, 3.05) is 10.2 Å². The van der Waals surface area contributed by atoms with Crippen molar-refractivity contribution in [3.63, 3.8) is 0 Å². The van der Waals surface area contributed by atoms with Gasteiger partial charge in [0.25, 0.3) is 0 Å². The summed E-state index contributed by atoms with van der Waals surface area (Å²) >= 11 is 1.76. The molecule has 5 aromatic carbocycles. The topological polar surface area (TPSA) is 15.3 Å². The fourth-order valence-electron chi connectivity index (χ4n) is 5.69. The fourth-order valence-corrected chi connectivity index (χ4v) is 6.83. The monoisotopic (exact) mass is 546 g/mol. The van der Waals surface area contributed by atoms with Crippen molar-refractivity contribution in [1.82, 2.24) is 0 Å². The molecule has 0 radical (unpaired) electrons. The van der Waals surface area contributed by atoms with Crippen molar-refractivity contribution >= 4 is 34.3 Å². The van der Waals surface area contributed by atoms with Crippen molar-refractivity contribution in [1.29, 1.82) is 0 Å². The lowest BCUT2D eigenvalue weighted by atomic mass is 9.87. The molecule has 0 saturated heterocycles. The summed E-state index contributed by atoms with van der Waals surface area (Å²) in [6.45, 7) is 5.19. The van der Waals surface area contributed by atoms with E-state index in [0.717, 1.165) is 28.4 Å². The molecule has 0 aliphatic carbocycles. The summed E-state index contributed by atoms with van der Waals surface area (Å²) < 4.78 is 0. The number of thioether (sulfide) groups is 1. The lowest BCUT2D eigenvalue weighted by Crippen LogP contribution is -2.38. The smallest absolute Gasteiger partial charge is 0.0854 e. The first-order valence-electron chi connectivity index (χ1n) is 13.9. The Kier molecular flexibility index (Phi) is 6.80. The molecule has 2 aliphatic heterocycles. The number of benzene rings is 5. The van der Waals surface area contributed by atoms with Crippen molar-refractivity contribution in [2.24, 2.45) is 0 Å². The summed E-state index contributed by atoms with van der Waals surface area (Å²) in [4.78, 5) is 3.69. The fraction of sp³-hybridized carbons (Fsp3) is 0.0526. The zero-order valence-electron chi connectivity index (χ0n) is 22.7.